The van der Waals surface area contributed by atoms with E-state index in [1.807, 2.05) is 18.2 Å². The molecule has 0 saturated heterocycles. The van der Waals surface area contributed by atoms with Crippen LogP contribution in [0.15, 0.2) is 65.8 Å². The van der Waals surface area contributed by atoms with Gasteiger partial charge in [0.25, 0.3) is 0 Å². The minimum atomic E-state index is 0.524. The quantitative estimate of drug-likeness (QED) is 0.386. The summed E-state index contributed by atoms with van der Waals surface area (Å²) in [4.78, 5) is 9.21. The number of hydrogen-bond acceptors (Lipinski definition) is 6. The standard InChI is InChI=1S/C22H19ClN4OS/c1-13-3-6-18(27-29-20-9-17(23)12-26-22(20)28-2)10-19(13)15-5-4-14-8-21(24)25-11-16(14)7-15/h3-12,27H,1-2H3,(H2,24,25). The SMILES string of the molecule is COc1ncc(Cl)cc1SNc1ccc(C)c(-c2ccc3cc(N)ncc3c2)c1. The smallest absolute Gasteiger partial charge is 0.228 e. The lowest BCUT2D eigenvalue weighted by atomic mass is 9.98. The molecule has 0 aliphatic rings. The summed E-state index contributed by atoms with van der Waals surface area (Å²) < 4.78 is 8.66. The summed E-state index contributed by atoms with van der Waals surface area (Å²) in [7, 11) is 1.59. The van der Waals surface area contributed by atoms with Crippen molar-refractivity contribution in [1.29, 1.82) is 0 Å². The lowest BCUT2D eigenvalue weighted by molar-refractivity contribution is 0.387. The molecule has 3 N–H and O–H groups in total. The molecule has 0 aliphatic carbocycles. The minimum absolute atomic E-state index is 0.524. The molecule has 29 heavy (non-hydrogen) atoms. The van der Waals surface area contributed by atoms with Crippen molar-refractivity contribution in [3.05, 3.63) is 71.5 Å². The Balaban J connectivity index is 1.63. The number of fused-ring (bicyclic) bond motifs is 1. The fourth-order valence-corrected chi connectivity index (χ4v) is 4.06. The van der Waals surface area contributed by atoms with Crippen LogP contribution in [0.2, 0.25) is 5.02 Å². The van der Waals surface area contributed by atoms with Crippen molar-refractivity contribution in [2.45, 2.75) is 11.8 Å². The molecule has 0 fully saturated rings. The van der Waals surface area contributed by atoms with Crippen LogP contribution in [0.1, 0.15) is 5.56 Å². The predicted octanol–water partition coefficient (Wildman–Crippen LogP) is 5.97. The zero-order valence-corrected chi connectivity index (χ0v) is 17.5. The lowest BCUT2D eigenvalue weighted by Gasteiger charge is -2.12. The number of nitrogens with one attached hydrogen (secondary N) is 1. The van der Waals surface area contributed by atoms with Gasteiger partial charge in [-0.05, 0) is 71.3 Å². The Bertz CT molecular complexity index is 1200. The predicted molar refractivity (Wildman–Crippen MR) is 122 cm³/mol. The van der Waals surface area contributed by atoms with E-state index in [9.17, 15) is 0 Å². The van der Waals surface area contributed by atoms with Crippen LogP contribution in [0.3, 0.4) is 0 Å². The molecule has 2 aromatic carbocycles. The van der Waals surface area contributed by atoms with E-state index in [2.05, 4.69) is 51.9 Å². The van der Waals surface area contributed by atoms with E-state index in [1.54, 1.807) is 19.5 Å². The number of hydrogen-bond donors (Lipinski definition) is 2. The third-order valence-electron chi connectivity index (χ3n) is 4.55. The van der Waals surface area contributed by atoms with Gasteiger partial charge in [0.1, 0.15) is 5.82 Å². The number of ether oxygens (including phenoxy) is 1. The van der Waals surface area contributed by atoms with E-state index in [4.69, 9.17) is 22.1 Å². The van der Waals surface area contributed by atoms with Crippen molar-refractivity contribution < 1.29 is 4.74 Å². The van der Waals surface area contributed by atoms with Gasteiger partial charge in [-0.15, -0.1) is 0 Å². The molecule has 0 saturated carbocycles. The normalized spacial score (nSPS) is 10.9. The summed E-state index contributed by atoms with van der Waals surface area (Å²) >= 11 is 7.47. The fourth-order valence-electron chi connectivity index (χ4n) is 3.07. The summed E-state index contributed by atoms with van der Waals surface area (Å²) in [6.45, 7) is 2.10. The van der Waals surface area contributed by atoms with E-state index < -0.39 is 0 Å². The third kappa shape index (κ3) is 4.23. The molecule has 2 aromatic heterocycles. The van der Waals surface area contributed by atoms with Crippen molar-refractivity contribution in [2.75, 3.05) is 17.6 Å². The average Bonchev–Trinajstić information content (AvgIpc) is 2.73. The van der Waals surface area contributed by atoms with Crippen LogP contribution >= 0.6 is 23.5 Å². The summed E-state index contributed by atoms with van der Waals surface area (Å²) in [5, 5.41) is 2.69. The number of rotatable bonds is 5. The molecular formula is C22H19ClN4OS. The molecular weight excluding hydrogens is 404 g/mol. The lowest BCUT2D eigenvalue weighted by Crippen LogP contribution is -1.94. The molecule has 2 heterocycles. The highest BCUT2D eigenvalue weighted by molar-refractivity contribution is 8.00. The van der Waals surface area contributed by atoms with Crippen LogP contribution < -0.4 is 15.2 Å². The molecule has 5 nitrogen and oxygen atoms in total. The first-order chi connectivity index (χ1) is 14.0. The first kappa shape index (κ1) is 19.4. The van der Waals surface area contributed by atoms with Crippen LogP contribution in [0.4, 0.5) is 11.5 Å². The van der Waals surface area contributed by atoms with Crippen LogP contribution in [0.25, 0.3) is 21.9 Å². The van der Waals surface area contributed by atoms with E-state index >= 15 is 0 Å². The van der Waals surface area contributed by atoms with E-state index in [1.165, 1.54) is 17.5 Å². The molecule has 0 unspecified atom stereocenters. The first-order valence-electron chi connectivity index (χ1n) is 8.92. The van der Waals surface area contributed by atoms with Gasteiger partial charge in [-0.2, -0.15) is 0 Å². The summed E-state index contributed by atoms with van der Waals surface area (Å²) in [5.74, 6) is 1.05. The Hall–Kier alpha value is -2.96. The number of methoxy groups -OCH3 is 1. The largest absolute Gasteiger partial charge is 0.480 e. The van der Waals surface area contributed by atoms with Crippen molar-refractivity contribution in [2.24, 2.45) is 0 Å². The Morgan fingerprint density at radius 1 is 1.00 bits per heavy atom. The second-order valence-corrected chi connectivity index (χ2v) is 7.85. The van der Waals surface area contributed by atoms with Crippen LogP contribution in [0, 0.1) is 6.92 Å². The van der Waals surface area contributed by atoms with E-state index in [0.717, 1.165) is 32.5 Å². The summed E-state index contributed by atoms with van der Waals surface area (Å²) in [6.07, 6.45) is 3.37. The van der Waals surface area contributed by atoms with Gasteiger partial charge in [-0.25, -0.2) is 9.97 Å². The number of benzene rings is 2. The van der Waals surface area contributed by atoms with Crippen molar-refractivity contribution in [1.82, 2.24) is 9.97 Å². The number of nitrogen functional groups attached to an aromatic ring is 1. The molecule has 4 aromatic rings. The highest BCUT2D eigenvalue weighted by Crippen LogP contribution is 2.33. The van der Waals surface area contributed by atoms with Gasteiger partial charge < -0.3 is 15.2 Å². The molecule has 0 radical (unpaired) electrons. The van der Waals surface area contributed by atoms with Gasteiger partial charge in [-0.1, -0.05) is 29.8 Å². The maximum Gasteiger partial charge on any atom is 0.228 e. The van der Waals surface area contributed by atoms with Crippen molar-refractivity contribution in [3.8, 4) is 17.0 Å². The molecule has 0 aliphatic heterocycles. The number of nitrogens with two attached hydrogens (primary N) is 1. The highest BCUT2D eigenvalue weighted by Gasteiger charge is 2.09. The zero-order valence-electron chi connectivity index (χ0n) is 15.9. The molecule has 0 bridgehead atoms. The molecule has 4 rings (SSSR count). The number of pyridine rings is 2. The molecule has 7 heteroatoms. The average molecular weight is 423 g/mol. The highest BCUT2D eigenvalue weighted by atomic mass is 35.5. The monoisotopic (exact) mass is 422 g/mol. The Morgan fingerprint density at radius 2 is 1.86 bits per heavy atom. The van der Waals surface area contributed by atoms with Gasteiger partial charge in [0.05, 0.1) is 17.0 Å². The van der Waals surface area contributed by atoms with Gasteiger partial charge >= 0.3 is 0 Å². The Morgan fingerprint density at radius 3 is 2.69 bits per heavy atom. The number of aryl methyl sites for hydroxylation is 1. The van der Waals surface area contributed by atoms with Gasteiger partial charge in [0.2, 0.25) is 5.88 Å². The molecule has 146 valence electrons. The van der Waals surface area contributed by atoms with Gasteiger partial charge in [-0.3, -0.25) is 0 Å². The maximum atomic E-state index is 6.07. The number of aromatic nitrogens is 2. The summed E-state index contributed by atoms with van der Waals surface area (Å²) in [5.41, 5.74) is 10.2. The first-order valence-corrected chi connectivity index (χ1v) is 10.1. The number of halogens is 1. The van der Waals surface area contributed by atoms with Gasteiger partial charge in [0, 0.05) is 23.5 Å². The fraction of sp³-hybridized carbons (Fsp3) is 0.0909. The Kier molecular flexibility index (Phi) is 5.47. The molecule has 0 spiro atoms. The van der Waals surface area contributed by atoms with Gasteiger partial charge in [0.15, 0.2) is 0 Å². The van der Waals surface area contributed by atoms with Crippen molar-refractivity contribution in [3.63, 3.8) is 0 Å². The van der Waals surface area contributed by atoms with Crippen LogP contribution in [-0.2, 0) is 0 Å². The van der Waals surface area contributed by atoms with Crippen LogP contribution in [0.5, 0.6) is 5.88 Å². The zero-order chi connectivity index (χ0) is 20.4. The molecule has 0 amide bonds. The third-order valence-corrected chi connectivity index (χ3v) is 5.61. The maximum absolute atomic E-state index is 6.07. The Labute approximate surface area is 178 Å². The van der Waals surface area contributed by atoms with Crippen LogP contribution in [-0.4, -0.2) is 17.1 Å². The second-order valence-electron chi connectivity index (χ2n) is 6.57. The van der Waals surface area contributed by atoms with Crippen molar-refractivity contribution >= 4 is 45.8 Å². The van der Waals surface area contributed by atoms with E-state index in [0.29, 0.717) is 16.7 Å². The number of nitrogens with zero attached hydrogens (tertiary/aromatic N) is 2. The number of anilines is 2. The minimum Gasteiger partial charge on any atom is -0.480 e. The topological polar surface area (TPSA) is 73.1 Å². The summed E-state index contributed by atoms with van der Waals surface area (Å²) in [6, 6.07) is 16.3. The van der Waals surface area contributed by atoms with E-state index in [-0.39, 0.29) is 0 Å². The molecule has 0 atom stereocenters. The second kappa shape index (κ2) is 8.19.